The quantitative estimate of drug-likeness (QED) is 0.737. The summed E-state index contributed by atoms with van der Waals surface area (Å²) in [6.07, 6.45) is 4.05. The van der Waals surface area contributed by atoms with Gasteiger partial charge in [0.1, 0.15) is 5.82 Å². The SMILES string of the molecule is Nc1ncccc1-c1cc(Cc2ccc(OCC3COC3)nc2)no1. The zero-order valence-corrected chi connectivity index (χ0v) is 13.6. The van der Waals surface area contributed by atoms with E-state index in [1.54, 1.807) is 12.4 Å². The molecule has 25 heavy (non-hydrogen) atoms. The fraction of sp³-hybridized carbons (Fsp3) is 0.278. The zero-order chi connectivity index (χ0) is 17.1. The first-order valence-corrected chi connectivity index (χ1v) is 8.10. The summed E-state index contributed by atoms with van der Waals surface area (Å²) in [6, 6.07) is 9.38. The Labute approximate surface area is 144 Å². The molecule has 0 unspecified atom stereocenters. The average Bonchev–Trinajstić information content (AvgIpc) is 3.04. The number of aromatic nitrogens is 3. The number of nitrogens with two attached hydrogens (primary N) is 1. The molecule has 4 heterocycles. The van der Waals surface area contributed by atoms with Gasteiger partial charge in [-0.25, -0.2) is 9.97 Å². The molecule has 1 aliphatic rings. The van der Waals surface area contributed by atoms with E-state index in [9.17, 15) is 0 Å². The van der Waals surface area contributed by atoms with Gasteiger partial charge >= 0.3 is 0 Å². The Balaban J connectivity index is 1.39. The highest BCUT2D eigenvalue weighted by Gasteiger charge is 2.19. The number of pyridine rings is 2. The molecule has 0 bridgehead atoms. The summed E-state index contributed by atoms with van der Waals surface area (Å²) in [5, 5.41) is 4.10. The highest BCUT2D eigenvalue weighted by molar-refractivity contribution is 5.69. The van der Waals surface area contributed by atoms with Crippen molar-refractivity contribution in [2.75, 3.05) is 25.6 Å². The molecular weight excluding hydrogens is 320 g/mol. The van der Waals surface area contributed by atoms with Crippen molar-refractivity contribution in [2.24, 2.45) is 5.92 Å². The van der Waals surface area contributed by atoms with Gasteiger partial charge in [-0.2, -0.15) is 0 Å². The minimum absolute atomic E-state index is 0.422. The van der Waals surface area contributed by atoms with E-state index in [1.165, 1.54) is 0 Å². The van der Waals surface area contributed by atoms with Gasteiger partial charge in [-0.3, -0.25) is 0 Å². The van der Waals surface area contributed by atoms with Crippen LogP contribution in [0.5, 0.6) is 5.88 Å². The molecule has 128 valence electrons. The Morgan fingerprint density at radius 1 is 1.20 bits per heavy atom. The van der Waals surface area contributed by atoms with E-state index in [1.807, 2.05) is 30.3 Å². The Bertz CT molecular complexity index is 844. The Hall–Kier alpha value is -2.93. The maximum Gasteiger partial charge on any atom is 0.213 e. The van der Waals surface area contributed by atoms with E-state index >= 15 is 0 Å². The van der Waals surface area contributed by atoms with E-state index in [2.05, 4.69) is 15.1 Å². The van der Waals surface area contributed by atoms with Crippen molar-refractivity contribution >= 4 is 5.82 Å². The molecule has 0 amide bonds. The molecule has 7 heteroatoms. The maximum atomic E-state index is 5.86. The van der Waals surface area contributed by atoms with Crippen LogP contribution < -0.4 is 10.5 Å². The lowest BCUT2D eigenvalue weighted by atomic mass is 10.1. The van der Waals surface area contributed by atoms with Crippen molar-refractivity contribution in [2.45, 2.75) is 6.42 Å². The van der Waals surface area contributed by atoms with Crippen LogP contribution in [0.1, 0.15) is 11.3 Å². The molecule has 0 saturated carbocycles. The zero-order valence-electron chi connectivity index (χ0n) is 13.6. The fourth-order valence-electron chi connectivity index (χ4n) is 2.54. The minimum Gasteiger partial charge on any atom is -0.477 e. The summed E-state index contributed by atoms with van der Waals surface area (Å²) < 4.78 is 16.2. The molecule has 0 spiro atoms. The summed E-state index contributed by atoms with van der Waals surface area (Å²) in [5.74, 6) is 2.14. The molecule has 1 fully saturated rings. The van der Waals surface area contributed by atoms with Crippen LogP contribution in [0.4, 0.5) is 5.82 Å². The van der Waals surface area contributed by atoms with Gasteiger partial charge in [0, 0.05) is 36.9 Å². The van der Waals surface area contributed by atoms with E-state index in [4.69, 9.17) is 19.7 Å². The topological polar surface area (TPSA) is 96.3 Å². The third-order valence-electron chi connectivity index (χ3n) is 4.02. The van der Waals surface area contributed by atoms with Gasteiger partial charge in [0.2, 0.25) is 5.88 Å². The summed E-state index contributed by atoms with van der Waals surface area (Å²) in [6.45, 7) is 2.19. The van der Waals surface area contributed by atoms with Crippen molar-refractivity contribution < 1.29 is 14.0 Å². The summed E-state index contributed by atoms with van der Waals surface area (Å²) in [4.78, 5) is 8.39. The lowest BCUT2D eigenvalue weighted by molar-refractivity contribution is -0.0514. The predicted molar refractivity (Wildman–Crippen MR) is 91.0 cm³/mol. The largest absolute Gasteiger partial charge is 0.477 e. The van der Waals surface area contributed by atoms with Crippen LogP contribution in [-0.4, -0.2) is 34.9 Å². The fourth-order valence-corrected chi connectivity index (χ4v) is 2.54. The van der Waals surface area contributed by atoms with Gasteiger partial charge in [0.15, 0.2) is 5.76 Å². The van der Waals surface area contributed by atoms with Gasteiger partial charge in [0.25, 0.3) is 0 Å². The molecule has 0 aliphatic carbocycles. The molecule has 0 aromatic carbocycles. The second-order valence-corrected chi connectivity index (χ2v) is 6.01. The van der Waals surface area contributed by atoms with Crippen LogP contribution in [0.3, 0.4) is 0 Å². The average molecular weight is 338 g/mol. The summed E-state index contributed by atoms with van der Waals surface area (Å²) >= 11 is 0. The monoisotopic (exact) mass is 338 g/mol. The molecule has 2 N–H and O–H groups in total. The highest BCUT2D eigenvalue weighted by Crippen LogP contribution is 2.25. The summed E-state index contributed by atoms with van der Waals surface area (Å²) in [7, 11) is 0. The normalized spacial score (nSPS) is 14.2. The molecule has 3 aromatic heterocycles. The van der Waals surface area contributed by atoms with Gasteiger partial charge in [-0.15, -0.1) is 0 Å². The first-order valence-electron chi connectivity index (χ1n) is 8.10. The van der Waals surface area contributed by atoms with E-state index < -0.39 is 0 Å². The van der Waals surface area contributed by atoms with Crippen LogP contribution in [-0.2, 0) is 11.2 Å². The number of ether oxygens (including phenoxy) is 2. The molecule has 7 nitrogen and oxygen atoms in total. The highest BCUT2D eigenvalue weighted by atomic mass is 16.5. The molecule has 0 atom stereocenters. The van der Waals surface area contributed by atoms with Crippen molar-refractivity contribution in [1.82, 2.24) is 15.1 Å². The van der Waals surface area contributed by atoms with Crippen LogP contribution in [0.2, 0.25) is 0 Å². The standard InChI is InChI=1S/C18H18N4O3/c19-18-15(2-1-5-20-18)16-7-14(22-25-16)6-12-3-4-17(21-8-12)24-11-13-9-23-10-13/h1-5,7-8,13H,6,9-11H2,(H2,19,20). The van der Waals surface area contributed by atoms with Gasteiger partial charge in [-0.05, 0) is 17.7 Å². The first kappa shape index (κ1) is 15.6. The van der Waals surface area contributed by atoms with Gasteiger partial charge in [-0.1, -0.05) is 11.2 Å². The summed E-state index contributed by atoms with van der Waals surface area (Å²) in [5.41, 5.74) is 8.44. The second-order valence-electron chi connectivity index (χ2n) is 6.01. The smallest absolute Gasteiger partial charge is 0.213 e. The molecule has 1 aliphatic heterocycles. The number of hydrogen-bond donors (Lipinski definition) is 1. The molecule has 1 saturated heterocycles. The second kappa shape index (κ2) is 6.90. The van der Waals surface area contributed by atoms with E-state index in [0.29, 0.717) is 36.4 Å². The van der Waals surface area contributed by atoms with Crippen molar-refractivity contribution in [3.05, 3.63) is 54.0 Å². The van der Waals surface area contributed by atoms with Crippen LogP contribution >= 0.6 is 0 Å². The van der Waals surface area contributed by atoms with Gasteiger partial charge in [0.05, 0.1) is 31.1 Å². The third-order valence-corrected chi connectivity index (χ3v) is 4.02. The Morgan fingerprint density at radius 3 is 2.84 bits per heavy atom. The molecular formula is C18H18N4O3. The Kier molecular flexibility index (Phi) is 4.30. The first-order chi connectivity index (χ1) is 12.3. The van der Waals surface area contributed by atoms with Gasteiger partial charge < -0.3 is 19.7 Å². The number of hydrogen-bond acceptors (Lipinski definition) is 7. The number of nitrogen functional groups attached to an aromatic ring is 1. The van der Waals surface area contributed by atoms with Crippen LogP contribution in [0, 0.1) is 5.92 Å². The predicted octanol–water partition coefficient (Wildman–Crippen LogP) is 2.33. The lowest BCUT2D eigenvalue weighted by Crippen LogP contribution is -2.32. The number of anilines is 1. The van der Waals surface area contributed by atoms with E-state index in [0.717, 1.165) is 30.0 Å². The third kappa shape index (κ3) is 3.61. The molecule has 3 aromatic rings. The Morgan fingerprint density at radius 2 is 2.12 bits per heavy atom. The maximum absolute atomic E-state index is 5.86. The van der Waals surface area contributed by atoms with Crippen molar-refractivity contribution in [3.63, 3.8) is 0 Å². The molecule has 4 rings (SSSR count). The van der Waals surface area contributed by atoms with Crippen LogP contribution in [0.25, 0.3) is 11.3 Å². The lowest BCUT2D eigenvalue weighted by Gasteiger charge is -2.25. The van der Waals surface area contributed by atoms with E-state index in [-0.39, 0.29) is 0 Å². The van der Waals surface area contributed by atoms with Crippen molar-refractivity contribution in [1.29, 1.82) is 0 Å². The molecule has 0 radical (unpaired) electrons. The van der Waals surface area contributed by atoms with Crippen molar-refractivity contribution in [3.8, 4) is 17.2 Å². The van der Waals surface area contributed by atoms with Crippen LogP contribution in [0.15, 0.2) is 47.2 Å². The number of nitrogens with zero attached hydrogens (tertiary/aromatic N) is 3. The minimum atomic E-state index is 0.422. The number of rotatable bonds is 6.